The SMILES string of the molecule is CN(C)c1ccc(-c2ccc(-c3cccc(S(N)(=O)=O)c3)cc2)cc1. The molecular formula is C20H20N2O2S. The number of rotatable bonds is 4. The van der Waals surface area contributed by atoms with Gasteiger partial charge in [-0.25, -0.2) is 13.6 Å². The van der Waals surface area contributed by atoms with Crippen LogP contribution in [0.15, 0.2) is 77.7 Å². The third kappa shape index (κ3) is 3.90. The van der Waals surface area contributed by atoms with E-state index in [2.05, 4.69) is 29.2 Å². The van der Waals surface area contributed by atoms with Gasteiger partial charge in [-0.3, -0.25) is 0 Å². The largest absolute Gasteiger partial charge is 0.378 e. The van der Waals surface area contributed by atoms with Crippen LogP contribution in [0.25, 0.3) is 22.3 Å². The lowest BCUT2D eigenvalue weighted by molar-refractivity contribution is 0.598. The summed E-state index contributed by atoms with van der Waals surface area (Å²) in [4.78, 5) is 2.18. The molecule has 0 heterocycles. The van der Waals surface area contributed by atoms with Gasteiger partial charge in [0.2, 0.25) is 10.0 Å². The Morgan fingerprint density at radius 3 is 1.68 bits per heavy atom. The molecule has 3 aromatic rings. The van der Waals surface area contributed by atoms with Crippen LogP contribution in [0.1, 0.15) is 0 Å². The summed E-state index contributed by atoms with van der Waals surface area (Å²) in [6.07, 6.45) is 0. The van der Waals surface area contributed by atoms with Gasteiger partial charge in [0.1, 0.15) is 0 Å². The Bertz CT molecular complexity index is 977. The van der Waals surface area contributed by atoms with Gasteiger partial charge < -0.3 is 4.90 Å². The zero-order valence-electron chi connectivity index (χ0n) is 14.2. The van der Waals surface area contributed by atoms with Gasteiger partial charge in [-0.2, -0.15) is 0 Å². The van der Waals surface area contributed by atoms with Crippen molar-refractivity contribution >= 4 is 15.7 Å². The van der Waals surface area contributed by atoms with E-state index < -0.39 is 10.0 Å². The number of hydrogen-bond donors (Lipinski definition) is 1. The summed E-state index contributed by atoms with van der Waals surface area (Å²) >= 11 is 0. The number of primary sulfonamides is 1. The van der Waals surface area contributed by atoms with Gasteiger partial charge in [-0.1, -0.05) is 48.5 Å². The summed E-state index contributed by atoms with van der Waals surface area (Å²) in [6, 6.07) is 23.0. The number of anilines is 1. The van der Waals surface area contributed by atoms with Gasteiger partial charge >= 0.3 is 0 Å². The van der Waals surface area contributed by atoms with Crippen LogP contribution in [0.2, 0.25) is 0 Å². The summed E-state index contributed by atoms with van der Waals surface area (Å²) in [6.45, 7) is 0. The summed E-state index contributed by atoms with van der Waals surface area (Å²) < 4.78 is 23.0. The van der Waals surface area contributed by atoms with E-state index in [4.69, 9.17) is 5.14 Å². The Morgan fingerprint density at radius 1 is 0.720 bits per heavy atom. The van der Waals surface area contributed by atoms with Crippen molar-refractivity contribution < 1.29 is 8.42 Å². The Morgan fingerprint density at radius 2 is 1.20 bits per heavy atom. The lowest BCUT2D eigenvalue weighted by atomic mass is 10.0. The van der Waals surface area contributed by atoms with Crippen LogP contribution in [0, 0.1) is 0 Å². The molecule has 0 fully saturated rings. The van der Waals surface area contributed by atoms with Crippen molar-refractivity contribution in [3.05, 3.63) is 72.8 Å². The maximum atomic E-state index is 11.5. The maximum absolute atomic E-state index is 11.5. The average molecular weight is 352 g/mol. The molecule has 0 amide bonds. The molecule has 2 N–H and O–H groups in total. The second-order valence-electron chi connectivity index (χ2n) is 6.09. The highest BCUT2D eigenvalue weighted by Gasteiger charge is 2.09. The van der Waals surface area contributed by atoms with E-state index in [1.165, 1.54) is 6.07 Å². The quantitative estimate of drug-likeness (QED) is 0.778. The van der Waals surface area contributed by atoms with Crippen LogP contribution in [0.5, 0.6) is 0 Å². The van der Waals surface area contributed by atoms with E-state index in [9.17, 15) is 8.42 Å². The normalized spacial score (nSPS) is 11.3. The number of nitrogens with two attached hydrogens (primary N) is 1. The van der Waals surface area contributed by atoms with Crippen LogP contribution in [0.3, 0.4) is 0 Å². The average Bonchev–Trinajstić information content (AvgIpc) is 2.61. The van der Waals surface area contributed by atoms with Gasteiger partial charge in [0, 0.05) is 19.8 Å². The summed E-state index contributed by atoms with van der Waals surface area (Å²) in [7, 11) is 0.327. The Labute approximate surface area is 148 Å². The fraction of sp³-hybridized carbons (Fsp3) is 0.100. The maximum Gasteiger partial charge on any atom is 0.238 e. The van der Waals surface area contributed by atoms with E-state index >= 15 is 0 Å². The minimum Gasteiger partial charge on any atom is -0.378 e. The Kier molecular flexibility index (Phi) is 4.61. The lowest BCUT2D eigenvalue weighted by Gasteiger charge is -2.13. The van der Waals surface area contributed by atoms with Crippen LogP contribution in [-0.4, -0.2) is 22.5 Å². The smallest absolute Gasteiger partial charge is 0.238 e. The molecule has 0 aromatic heterocycles. The van der Waals surface area contributed by atoms with E-state index in [0.29, 0.717) is 0 Å². The zero-order valence-corrected chi connectivity index (χ0v) is 15.0. The third-order valence-electron chi connectivity index (χ3n) is 4.10. The molecule has 0 atom stereocenters. The van der Waals surface area contributed by atoms with E-state index in [1.54, 1.807) is 12.1 Å². The van der Waals surface area contributed by atoms with Crippen LogP contribution in [-0.2, 0) is 10.0 Å². The van der Waals surface area contributed by atoms with Crippen molar-refractivity contribution in [2.45, 2.75) is 4.90 Å². The molecule has 0 saturated carbocycles. The third-order valence-corrected chi connectivity index (χ3v) is 5.01. The molecule has 4 nitrogen and oxygen atoms in total. The minimum absolute atomic E-state index is 0.119. The topological polar surface area (TPSA) is 63.4 Å². The van der Waals surface area contributed by atoms with Gasteiger partial charge in [0.15, 0.2) is 0 Å². The van der Waals surface area contributed by atoms with Crippen molar-refractivity contribution in [3.63, 3.8) is 0 Å². The molecule has 3 rings (SSSR count). The van der Waals surface area contributed by atoms with Crippen LogP contribution >= 0.6 is 0 Å². The van der Waals surface area contributed by atoms with E-state index in [-0.39, 0.29) is 4.90 Å². The van der Waals surface area contributed by atoms with Crippen molar-refractivity contribution in [3.8, 4) is 22.3 Å². The highest BCUT2D eigenvalue weighted by Crippen LogP contribution is 2.27. The highest BCUT2D eigenvalue weighted by molar-refractivity contribution is 7.89. The van der Waals surface area contributed by atoms with E-state index in [1.807, 2.05) is 44.4 Å². The van der Waals surface area contributed by atoms with Crippen molar-refractivity contribution in [2.24, 2.45) is 5.14 Å². The molecule has 128 valence electrons. The molecule has 0 spiro atoms. The molecule has 25 heavy (non-hydrogen) atoms. The first kappa shape index (κ1) is 17.2. The lowest BCUT2D eigenvalue weighted by Crippen LogP contribution is -2.11. The molecule has 0 aliphatic heterocycles. The van der Waals surface area contributed by atoms with Crippen molar-refractivity contribution in [1.82, 2.24) is 0 Å². The summed E-state index contributed by atoms with van der Waals surface area (Å²) in [5, 5.41) is 5.21. The number of benzene rings is 3. The molecule has 0 radical (unpaired) electrons. The monoisotopic (exact) mass is 352 g/mol. The fourth-order valence-corrected chi connectivity index (χ4v) is 3.22. The van der Waals surface area contributed by atoms with Crippen molar-refractivity contribution in [1.29, 1.82) is 0 Å². The second kappa shape index (κ2) is 6.70. The molecule has 3 aromatic carbocycles. The summed E-state index contributed by atoms with van der Waals surface area (Å²) in [5.74, 6) is 0. The fourth-order valence-electron chi connectivity index (χ4n) is 2.66. The molecule has 0 bridgehead atoms. The Hall–Kier alpha value is -2.63. The molecule has 0 unspecified atom stereocenters. The standard InChI is InChI=1S/C20H20N2O2S/c1-22(2)19-12-10-16(11-13-19)15-6-8-17(9-7-15)18-4-3-5-20(14-18)25(21,23)24/h3-14H,1-2H3,(H2,21,23,24). The van der Waals surface area contributed by atoms with Gasteiger partial charge in [-0.05, 0) is 46.5 Å². The molecule has 0 aliphatic rings. The molecule has 0 aliphatic carbocycles. The van der Waals surface area contributed by atoms with Crippen molar-refractivity contribution in [2.75, 3.05) is 19.0 Å². The first-order valence-electron chi connectivity index (χ1n) is 7.86. The van der Waals surface area contributed by atoms with Crippen LogP contribution < -0.4 is 10.0 Å². The summed E-state index contributed by atoms with van der Waals surface area (Å²) in [5.41, 5.74) is 5.16. The van der Waals surface area contributed by atoms with Gasteiger partial charge in [-0.15, -0.1) is 0 Å². The first-order chi connectivity index (χ1) is 11.8. The van der Waals surface area contributed by atoms with Gasteiger partial charge in [0.25, 0.3) is 0 Å². The second-order valence-corrected chi connectivity index (χ2v) is 7.65. The van der Waals surface area contributed by atoms with Gasteiger partial charge in [0.05, 0.1) is 4.90 Å². The Balaban J connectivity index is 1.90. The number of sulfonamides is 1. The zero-order chi connectivity index (χ0) is 18.0. The minimum atomic E-state index is -3.70. The molecular weight excluding hydrogens is 332 g/mol. The predicted molar refractivity (Wildman–Crippen MR) is 103 cm³/mol. The van der Waals surface area contributed by atoms with Crippen LogP contribution in [0.4, 0.5) is 5.69 Å². The molecule has 0 saturated heterocycles. The highest BCUT2D eigenvalue weighted by atomic mass is 32.2. The number of nitrogens with zero attached hydrogens (tertiary/aromatic N) is 1. The predicted octanol–water partition coefficient (Wildman–Crippen LogP) is 3.73. The van der Waals surface area contributed by atoms with E-state index in [0.717, 1.165) is 27.9 Å². The number of hydrogen-bond acceptors (Lipinski definition) is 3. The first-order valence-corrected chi connectivity index (χ1v) is 9.40. The molecule has 5 heteroatoms.